The predicted molar refractivity (Wildman–Crippen MR) is 84.6 cm³/mol. The lowest BCUT2D eigenvalue weighted by Gasteiger charge is -2.32. The topological polar surface area (TPSA) is 27.7 Å². The van der Waals surface area contributed by atoms with Crippen molar-refractivity contribution in [1.82, 2.24) is 9.80 Å². The number of hydrogen-bond donors (Lipinski definition) is 1. The zero-order valence-electron chi connectivity index (χ0n) is 12.9. The second kappa shape index (κ2) is 7.50. The van der Waals surface area contributed by atoms with E-state index in [0.717, 1.165) is 24.5 Å². The van der Waals surface area contributed by atoms with Gasteiger partial charge >= 0.3 is 0 Å². The molecule has 112 valence electrons. The Morgan fingerprint density at radius 2 is 1.75 bits per heavy atom. The molecule has 0 amide bonds. The minimum absolute atomic E-state index is 0.228. The van der Waals surface area contributed by atoms with Crippen LogP contribution in [0, 0.1) is 0 Å². The molecule has 20 heavy (non-hydrogen) atoms. The van der Waals surface area contributed by atoms with E-state index >= 15 is 0 Å². The SMILES string of the molecule is CC(C)Oc1ccc(NCCN2CCN(C)CC2)cc1. The molecule has 1 saturated heterocycles. The van der Waals surface area contributed by atoms with Gasteiger partial charge in [-0.05, 0) is 45.2 Å². The number of nitrogens with zero attached hydrogens (tertiary/aromatic N) is 2. The molecule has 4 heteroatoms. The number of rotatable bonds is 6. The van der Waals surface area contributed by atoms with Crippen molar-refractivity contribution in [3.8, 4) is 5.75 Å². The van der Waals surface area contributed by atoms with Gasteiger partial charge in [0.1, 0.15) is 5.75 Å². The Morgan fingerprint density at radius 1 is 1.10 bits per heavy atom. The van der Waals surface area contributed by atoms with Crippen LogP contribution in [0.4, 0.5) is 5.69 Å². The molecular formula is C16H27N3O. The lowest BCUT2D eigenvalue weighted by molar-refractivity contribution is 0.158. The van der Waals surface area contributed by atoms with Crippen LogP contribution in [0.2, 0.25) is 0 Å². The van der Waals surface area contributed by atoms with Gasteiger partial charge in [0.25, 0.3) is 0 Å². The first-order chi connectivity index (χ1) is 9.63. The van der Waals surface area contributed by atoms with E-state index < -0.39 is 0 Å². The van der Waals surface area contributed by atoms with Gasteiger partial charge in [-0.3, -0.25) is 4.90 Å². The summed E-state index contributed by atoms with van der Waals surface area (Å²) in [5.41, 5.74) is 1.16. The van der Waals surface area contributed by atoms with Crippen molar-refractivity contribution in [2.24, 2.45) is 0 Å². The fourth-order valence-electron chi connectivity index (χ4n) is 2.35. The maximum absolute atomic E-state index is 5.64. The molecular weight excluding hydrogens is 250 g/mol. The predicted octanol–water partition coefficient (Wildman–Crippen LogP) is 2.13. The molecule has 0 radical (unpaired) electrons. The fourth-order valence-corrected chi connectivity index (χ4v) is 2.35. The highest BCUT2D eigenvalue weighted by Gasteiger charge is 2.12. The summed E-state index contributed by atoms with van der Waals surface area (Å²) in [6.07, 6.45) is 0.228. The number of nitrogens with one attached hydrogen (secondary N) is 1. The Kier molecular flexibility index (Phi) is 5.68. The second-order valence-corrected chi connectivity index (χ2v) is 5.76. The van der Waals surface area contributed by atoms with E-state index in [2.05, 4.69) is 34.3 Å². The highest BCUT2D eigenvalue weighted by molar-refractivity contribution is 5.46. The molecule has 1 heterocycles. The van der Waals surface area contributed by atoms with Crippen LogP contribution in [0.1, 0.15) is 13.8 Å². The molecule has 0 aromatic heterocycles. The first kappa shape index (κ1) is 15.1. The number of anilines is 1. The van der Waals surface area contributed by atoms with E-state index in [9.17, 15) is 0 Å². The molecule has 0 spiro atoms. The Bertz CT molecular complexity index is 383. The Morgan fingerprint density at radius 3 is 2.35 bits per heavy atom. The summed E-state index contributed by atoms with van der Waals surface area (Å²) in [5, 5.41) is 3.47. The molecule has 1 aromatic rings. The van der Waals surface area contributed by atoms with Crippen LogP contribution < -0.4 is 10.1 Å². The molecule has 0 bridgehead atoms. The molecule has 2 rings (SSSR count). The molecule has 1 N–H and O–H groups in total. The third-order valence-electron chi connectivity index (χ3n) is 3.58. The van der Waals surface area contributed by atoms with Crippen molar-refractivity contribution in [1.29, 1.82) is 0 Å². The van der Waals surface area contributed by atoms with Crippen molar-refractivity contribution >= 4 is 5.69 Å². The van der Waals surface area contributed by atoms with Crippen LogP contribution in [0.5, 0.6) is 5.75 Å². The lowest BCUT2D eigenvalue weighted by Crippen LogP contribution is -2.45. The van der Waals surface area contributed by atoms with E-state index in [0.29, 0.717) is 0 Å². The van der Waals surface area contributed by atoms with Crippen molar-refractivity contribution in [2.75, 3.05) is 51.6 Å². The van der Waals surface area contributed by atoms with Gasteiger partial charge in [0.2, 0.25) is 0 Å². The molecule has 1 aliphatic rings. The standard InChI is InChI=1S/C16H27N3O/c1-14(2)20-16-6-4-15(5-7-16)17-8-9-19-12-10-18(3)11-13-19/h4-7,14,17H,8-13H2,1-3H3. The number of hydrogen-bond acceptors (Lipinski definition) is 4. The van der Waals surface area contributed by atoms with Crippen LogP contribution in [-0.4, -0.2) is 62.2 Å². The summed E-state index contributed by atoms with van der Waals surface area (Å²) >= 11 is 0. The zero-order valence-corrected chi connectivity index (χ0v) is 12.9. The van der Waals surface area contributed by atoms with E-state index in [1.807, 2.05) is 26.0 Å². The van der Waals surface area contributed by atoms with Gasteiger partial charge in [0, 0.05) is 45.0 Å². The van der Waals surface area contributed by atoms with Crippen molar-refractivity contribution in [3.05, 3.63) is 24.3 Å². The second-order valence-electron chi connectivity index (χ2n) is 5.76. The van der Waals surface area contributed by atoms with Gasteiger partial charge in [-0.2, -0.15) is 0 Å². The van der Waals surface area contributed by atoms with Gasteiger partial charge in [0.05, 0.1) is 6.10 Å². The molecule has 1 aromatic carbocycles. The summed E-state index contributed by atoms with van der Waals surface area (Å²) in [7, 11) is 2.19. The molecule has 0 saturated carbocycles. The van der Waals surface area contributed by atoms with Crippen LogP contribution in [0.25, 0.3) is 0 Å². The fraction of sp³-hybridized carbons (Fsp3) is 0.625. The molecule has 0 unspecified atom stereocenters. The van der Waals surface area contributed by atoms with E-state index in [-0.39, 0.29) is 6.10 Å². The van der Waals surface area contributed by atoms with E-state index in [1.54, 1.807) is 0 Å². The van der Waals surface area contributed by atoms with Gasteiger partial charge in [-0.25, -0.2) is 0 Å². The summed E-state index contributed by atoms with van der Waals surface area (Å²) in [6, 6.07) is 8.22. The summed E-state index contributed by atoms with van der Waals surface area (Å²) in [5.74, 6) is 0.935. The summed E-state index contributed by atoms with van der Waals surface area (Å²) in [4.78, 5) is 4.90. The number of piperazine rings is 1. The van der Waals surface area contributed by atoms with Crippen molar-refractivity contribution in [2.45, 2.75) is 20.0 Å². The van der Waals surface area contributed by atoms with Crippen LogP contribution in [0.15, 0.2) is 24.3 Å². The van der Waals surface area contributed by atoms with Crippen molar-refractivity contribution < 1.29 is 4.74 Å². The minimum atomic E-state index is 0.228. The quantitative estimate of drug-likeness (QED) is 0.862. The number of benzene rings is 1. The molecule has 1 aliphatic heterocycles. The first-order valence-corrected chi connectivity index (χ1v) is 7.55. The van der Waals surface area contributed by atoms with Crippen molar-refractivity contribution in [3.63, 3.8) is 0 Å². The Labute approximate surface area is 122 Å². The molecule has 1 fully saturated rings. The number of likely N-dealkylation sites (N-methyl/N-ethyl adjacent to an activating group) is 1. The molecule has 0 atom stereocenters. The van der Waals surface area contributed by atoms with E-state index in [4.69, 9.17) is 4.74 Å². The van der Waals surface area contributed by atoms with Gasteiger partial charge in [-0.1, -0.05) is 0 Å². The highest BCUT2D eigenvalue weighted by Crippen LogP contribution is 2.16. The average Bonchev–Trinajstić information content (AvgIpc) is 2.42. The average molecular weight is 277 g/mol. The largest absolute Gasteiger partial charge is 0.491 e. The smallest absolute Gasteiger partial charge is 0.119 e. The Hall–Kier alpha value is -1.26. The van der Waals surface area contributed by atoms with Crippen LogP contribution in [-0.2, 0) is 0 Å². The molecule has 4 nitrogen and oxygen atoms in total. The normalized spacial score (nSPS) is 17.4. The maximum Gasteiger partial charge on any atom is 0.119 e. The lowest BCUT2D eigenvalue weighted by atomic mass is 10.3. The summed E-state index contributed by atoms with van der Waals surface area (Å²) < 4.78 is 5.64. The molecule has 0 aliphatic carbocycles. The highest BCUT2D eigenvalue weighted by atomic mass is 16.5. The maximum atomic E-state index is 5.64. The zero-order chi connectivity index (χ0) is 14.4. The third kappa shape index (κ3) is 5.02. The monoisotopic (exact) mass is 277 g/mol. The number of ether oxygens (including phenoxy) is 1. The van der Waals surface area contributed by atoms with Gasteiger partial charge in [-0.15, -0.1) is 0 Å². The van der Waals surface area contributed by atoms with Crippen LogP contribution in [0.3, 0.4) is 0 Å². The first-order valence-electron chi connectivity index (χ1n) is 7.55. The van der Waals surface area contributed by atoms with Gasteiger partial charge in [0.15, 0.2) is 0 Å². The Balaban J connectivity index is 1.69. The third-order valence-corrected chi connectivity index (χ3v) is 3.58. The van der Waals surface area contributed by atoms with E-state index in [1.165, 1.54) is 26.2 Å². The van der Waals surface area contributed by atoms with Crippen LogP contribution >= 0.6 is 0 Å². The summed E-state index contributed by atoms with van der Waals surface area (Å²) in [6.45, 7) is 10.9. The minimum Gasteiger partial charge on any atom is -0.491 e. The van der Waals surface area contributed by atoms with Gasteiger partial charge < -0.3 is 15.0 Å².